The second kappa shape index (κ2) is 6.07. The summed E-state index contributed by atoms with van der Waals surface area (Å²) in [6.45, 7) is 1.95. The van der Waals surface area contributed by atoms with Crippen LogP contribution in [0.15, 0.2) is 40.9 Å². The van der Waals surface area contributed by atoms with Gasteiger partial charge in [-0.2, -0.15) is 0 Å². The predicted octanol–water partition coefficient (Wildman–Crippen LogP) is 6.29. The molecule has 1 heterocycles. The number of methoxy groups -OCH3 is 1. The zero-order chi connectivity index (χ0) is 15.9. The van der Waals surface area contributed by atoms with Crippen molar-refractivity contribution >= 4 is 50.0 Å². The molecule has 3 aromatic rings. The normalized spacial score (nSPS) is 11.0. The lowest BCUT2D eigenvalue weighted by atomic mass is 10.0. The van der Waals surface area contributed by atoms with Crippen LogP contribution in [0.5, 0.6) is 5.75 Å². The van der Waals surface area contributed by atoms with E-state index in [1.165, 1.54) is 0 Å². The number of aromatic nitrogens is 1. The number of hydrogen-bond donors (Lipinski definition) is 0. The molecule has 0 atom stereocenters. The summed E-state index contributed by atoms with van der Waals surface area (Å²) in [7, 11) is 1.58. The third-order valence-corrected chi connectivity index (χ3v) is 4.73. The van der Waals surface area contributed by atoms with Gasteiger partial charge in [0.05, 0.1) is 22.7 Å². The van der Waals surface area contributed by atoms with Crippen molar-refractivity contribution in [2.24, 2.45) is 0 Å². The predicted molar refractivity (Wildman–Crippen MR) is 96.2 cm³/mol. The van der Waals surface area contributed by atoms with Gasteiger partial charge in [0.1, 0.15) is 5.75 Å². The topological polar surface area (TPSA) is 22.1 Å². The zero-order valence-electron chi connectivity index (χ0n) is 12.0. The van der Waals surface area contributed by atoms with E-state index < -0.39 is 0 Å². The summed E-state index contributed by atoms with van der Waals surface area (Å²) in [6.07, 6.45) is 0. The minimum atomic E-state index is 0.518. The highest BCUT2D eigenvalue weighted by Gasteiger charge is 2.15. The molecule has 5 heteroatoms. The van der Waals surface area contributed by atoms with E-state index in [0.29, 0.717) is 15.8 Å². The molecule has 0 N–H and O–H groups in total. The third kappa shape index (κ3) is 2.69. The Hall–Kier alpha value is -1.29. The Kier molecular flexibility index (Phi) is 4.31. The molecule has 2 aromatic carbocycles. The molecule has 0 spiro atoms. The number of benzene rings is 2. The van der Waals surface area contributed by atoms with E-state index in [1.807, 2.05) is 37.3 Å². The molecule has 0 fully saturated rings. The van der Waals surface area contributed by atoms with E-state index in [2.05, 4.69) is 20.9 Å². The number of nitrogens with zero attached hydrogens (tertiary/aromatic N) is 1. The lowest BCUT2D eigenvalue weighted by molar-refractivity contribution is 0.415. The molecule has 2 nitrogen and oxygen atoms in total. The fraction of sp³-hybridized carbons (Fsp3) is 0.118. The first-order valence-corrected chi connectivity index (χ1v) is 8.15. The molecule has 3 rings (SSSR count). The molecule has 0 aliphatic rings. The molecule has 0 saturated heterocycles. The highest BCUT2D eigenvalue weighted by atomic mass is 79.9. The smallest absolute Gasteiger partial charge is 0.139 e. The van der Waals surface area contributed by atoms with Crippen molar-refractivity contribution in [1.82, 2.24) is 4.98 Å². The Morgan fingerprint density at radius 2 is 1.77 bits per heavy atom. The number of rotatable bonds is 2. The monoisotopic (exact) mass is 395 g/mol. The number of fused-ring (bicyclic) bond motifs is 1. The van der Waals surface area contributed by atoms with Crippen LogP contribution >= 0.6 is 39.1 Å². The van der Waals surface area contributed by atoms with Crippen LogP contribution in [-0.4, -0.2) is 12.1 Å². The van der Waals surface area contributed by atoms with Crippen LogP contribution in [0.25, 0.3) is 22.0 Å². The Bertz CT molecular complexity index is 863. The van der Waals surface area contributed by atoms with Crippen molar-refractivity contribution in [3.63, 3.8) is 0 Å². The highest BCUT2D eigenvalue weighted by molar-refractivity contribution is 9.10. The van der Waals surface area contributed by atoms with Crippen molar-refractivity contribution in [3.8, 4) is 16.9 Å². The van der Waals surface area contributed by atoms with Crippen molar-refractivity contribution in [1.29, 1.82) is 0 Å². The zero-order valence-corrected chi connectivity index (χ0v) is 15.1. The largest absolute Gasteiger partial charge is 0.495 e. The minimum Gasteiger partial charge on any atom is -0.495 e. The Balaban J connectivity index is 2.30. The maximum absolute atomic E-state index is 6.64. The number of ether oxygens (including phenoxy) is 1. The summed E-state index contributed by atoms with van der Waals surface area (Å²) >= 11 is 16.3. The van der Waals surface area contributed by atoms with Gasteiger partial charge in [-0.1, -0.05) is 51.3 Å². The average Bonchev–Trinajstić information content (AvgIpc) is 2.49. The summed E-state index contributed by atoms with van der Waals surface area (Å²) in [5.74, 6) is 0.591. The summed E-state index contributed by atoms with van der Waals surface area (Å²) in [4.78, 5) is 4.65. The maximum atomic E-state index is 6.64. The van der Waals surface area contributed by atoms with Gasteiger partial charge >= 0.3 is 0 Å². The van der Waals surface area contributed by atoms with Crippen molar-refractivity contribution in [2.45, 2.75) is 6.92 Å². The fourth-order valence-corrected chi connectivity index (χ4v) is 3.35. The summed E-state index contributed by atoms with van der Waals surface area (Å²) in [6, 6.07) is 11.6. The number of hydrogen-bond acceptors (Lipinski definition) is 2. The van der Waals surface area contributed by atoms with Gasteiger partial charge in [0.25, 0.3) is 0 Å². The number of aryl methyl sites for hydroxylation is 1. The first kappa shape index (κ1) is 15.6. The van der Waals surface area contributed by atoms with E-state index in [-0.39, 0.29) is 0 Å². The van der Waals surface area contributed by atoms with Crippen molar-refractivity contribution < 1.29 is 4.74 Å². The van der Waals surface area contributed by atoms with Gasteiger partial charge < -0.3 is 4.74 Å². The van der Waals surface area contributed by atoms with Gasteiger partial charge in [-0.25, -0.2) is 0 Å². The maximum Gasteiger partial charge on any atom is 0.139 e. The van der Waals surface area contributed by atoms with Crippen LogP contribution in [-0.2, 0) is 0 Å². The van der Waals surface area contributed by atoms with Gasteiger partial charge in [0.2, 0.25) is 0 Å². The SMILES string of the molecule is COc1cc2nc(C)c(-c3ccc(Br)cc3)c(Cl)c2cc1Cl. The standard InChI is InChI=1S/C17H12BrCl2NO/c1-9-16(10-3-5-11(18)6-4-10)17(20)12-7-13(19)15(22-2)8-14(12)21-9/h3-8H,1-2H3. The van der Waals surface area contributed by atoms with Crippen molar-refractivity contribution in [3.05, 3.63) is 56.6 Å². The molecule has 22 heavy (non-hydrogen) atoms. The van der Waals surface area contributed by atoms with Crippen LogP contribution in [0, 0.1) is 6.92 Å². The van der Waals surface area contributed by atoms with Gasteiger partial charge in [-0.15, -0.1) is 0 Å². The van der Waals surface area contributed by atoms with Crippen LogP contribution < -0.4 is 4.74 Å². The third-order valence-electron chi connectivity index (χ3n) is 3.51. The summed E-state index contributed by atoms with van der Waals surface area (Å²) in [5, 5.41) is 1.98. The van der Waals surface area contributed by atoms with Crippen molar-refractivity contribution in [2.75, 3.05) is 7.11 Å². The van der Waals surface area contributed by atoms with E-state index in [4.69, 9.17) is 27.9 Å². The van der Waals surface area contributed by atoms with Crippen LogP contribution in [0.2, 0.25) is 10.0 Å². The van der Waals surface area contributed by atoms with Crippen LogP contribution in [0.1, 0.15) is 5.69 Å². The summed E-state index contributed by atoms with van der Waals surface area (Å²) < 4.78 is 6.26. The molecule has 0 saturated carbocycles. The van der Waals surface area contributed by atoms with Crippen LogP contribution in [0.3, 0.4) is 0 Å². The molecule has 112 valence electrons. The molecule has 0 radical (unpaired) electrons. The molecular formula is C17H12BrCl2NO. The van der Waals surface area contributed by atoms with Gasteiger partial charge in [0, 0.05) is 27.2 Å². The highest BCUT2D eigenvalue weighted by Crippen LogP contribution is 2.39. The molecule has 0 amide bonds. The second-order valence-corrected chi connectivity index (χ2v) is 6.60. The lowest BCUT2D eigenvalue weighted by Gasteiger charge is -2.13. The molecule has 0 bridgehead atoms. The Labute approximate surface area is 147 Å². The van der Waals surface area contributed by atoms with Gasteiger partial charge in [0.15, 0.2) is 0 Å². The quantitative estimate of drug-likeness (QED) is 0.507. The Morgan fingerprint density at radius 3 is 2.41 bits per heavy atom. The van der Waals surface area contributed by atoms with E-state index in [0.717, 1.165) is 32.2 Å². The first-order chi connectivity index (χ1) is 10.5. The molecule has 0 aliphatic carbocycles. The molecular weight excluding hydrogens is 385 g/mol. The lowest BCUT2D eigenvalue weighted by Crippen LogP contribution is -1.93. The molecule has 0 unspecified atom stereocenters. The number of halogens is 3. The van der Waals surface area contributed by atoms with E-state index >= 15 is 0 Å². The van der Waals surface area contributed by atoms with E-state index in [9.17, 15) is 0 Å². The van der Waals surface area contributed by atoms with Crippen LogP contribution in [0.4, 0.5) is 0 Å². The van der Waals surface area contributed by atoms with E-state index in [1.54, 1.807) is 13.2 Å². The van der Waals surface area contributed by atoms with Gasteiger partial charge in [-0.3, -0.25) is 4.98 Å². The Morgan fingerprint density at radius 1 is 1.09 bits per heavy atom. The van der Waals surface area contributed by atoms with Gasteiger partial charge in [-0.05, 0) is 30.7 Å². The molecule has 0 aliphatic heterocycles. The number of pyridine rings is 1. The second-order valence-electron chi connectivity index (χ2n) is 4.90. The molecule has 1 aromatic heterocycles. The fourth-order valence-electron chi connectivity index (χ4n) is 2.45. The average molecular weight is 397 g/mol. The first-order valence-electron chi connectivity index (χ1n) is 6.60. The summed E-state index contributed by atoms with van der Waals surface area (Å²) in [5.41, 5.74) is 3.57. The minimum absolute atomic E-state index is 0.518.